The van der Waals surface area contributed by atoms with Crippen molar-refractivity contribution in [3.05, 3.63) is 51.8 Å². The average molecular weight is 390 g/mol. The number of carbonyl (C=O) groups excluding carboxylic acids is 1. The van der Waals surface area contributed by atoms with E-state index in [1.807, 2.05) is 30.3 Å². The van der Waals surface area contributed by atoms with Crippen LogP contribution in [0.25, 0.3) is 16.9 Å². The van der Waals surface area contributed by atoms with Crippen LogP contribution in [0.2, 0.25) is 0 Å². The number of hydrogen-bond acceptors (Lipinski definition) is 5. The maximum absolute atomic E-state index is 11.7. The van der Waals surface area contributed by atoms with Crippen molar-refractivity contribution in [2.24, 2.45) is 0 Å². The smallest absolute Gasteiger partial charge is 0.339 e. The van der Waals surface area contributed by atoms with Crippen molar-refractivity contribution in [1.29, 1.82) is 0 Å². The number of methoxy groups -OCH3 is 1. The van der Waals surface area contributed by atoms with Gasteiger partial charge in [0.2, 0.25) is 0 Å². The molecule has 0 saturated carbocycles. The zero-order chi connectivity index (χ0) is 17.4. The van der Waals surface area contributed by atoms with E-state index >= 15 is 0 Å². The Labute approximate surface area is 147 Å². The number of halogens is 1. The number of aryl methyl sites for hydroxylation is 2. The summed E-state index contributed by atoms with van der Waals surface area (Å²) in [5.41, 5.74) is 3.99. The van der Waals surface area contributed by atoms with Crippen LogP contribution in [0.1, 0.15) is 23.1 Å². The lowest BCUT2D eigenvalue weighted by atomic mass is 10.1. The molecule has 0 fully saturated rings. The highest BCUT2D eigenvalue weighted by Crippen LogP contribution is 2.27. The monoisotopic (exact) mass is 389 g/mol. The fourth-order valence-corrected chi connectivity index (χ4v) is 3.12. The quantitative estimate of drug-likeness (QED) is 0.696. The van der Waals surface area contributed by atoms with Crippen molar-refractivity contribution in [1.82, 2.24) is 14.6 Å². The number of aliphatic hydroxyl groups excluding tert-OH is 1. The van der Waals surface area contributed by atoms with Gasteiger partial charge in [-0.3, -0.25) is 0 Å². The second kappa shape index (κ2) is 6.33. The Hall–Kier alpha value is -2.25. The molecule has 124 valence electrons. The molecule has 6 nitrogen and oxygen atoms in total. The number of hydrogen-bond donors (Lipinski definition) is 1. The third-order valence-electron chi connectivity index (χ3n) is 3.89. The molecule has 0 radical (unpaired) electrons. The van der Waals surface area contributed by atoms with Crippen LogP contribution in [-0.2, 0) is 9.53 Å². The molecule has 1 N–H and O–H groups in total. The first-order valence-electron chi connectivity index (χ1n) is 7.31. The number of nitrogens with zero attached hydrogens (tertiary/aromatic N) is 3. The van der Waals surface area contributed by atoms with Gasteiger partial charge in [-0.25, -0.2) is 14.3 Å². The maximum atomic E-state index is 11.7. The Balaban J connectivity index is 2.17. The lowest BCUT2D eigenvalue weighted by Gasteiger charge is -2.14. The second-order valence-electron chi connectivity index (χ2n) is 5.43. The summed E-state index contributed by atoms with van der Waals surface area (Å²) >= 11 is 3.45. The number of carbonyl (C=O) groups is 1. The standard InChI is InChI=1S/C17H16BrN3O3/c1-9-15(16(22)17(23)24-3)10(2)21-14(19-9)8-13(20-21)11-5-4-6-12(18)7-11/h4-8,16,22H,1-3H3. The number of esters is 1. The van der Waals surface area contributed by atoms with E-state index in [0.717, 1.165) is 15.7 Å². The highest BCUT2D eigenvalue weighted by molar-refractivity contribution is 9.10. The Bertz CT molecular complexity index is 936. The molecule has 1 aromatic carbocycles. The van der Waals surface area contributed by atoms with Crippen molar-refractivity contribution in [2.45, 2.75) is 20.0 Å². The van der Waals surface area contributed by atoms with Crippen molar-refractivity contribution in [3.63, 3.8) is 0 Å². The fraction of sp³-hybridized carbons (Fsp3) is 0.235. The summed E-state index contributed by atoms with van der Waals surface area (Å²) in [6.07, 6.45) is -1.38. The van der Waals surface area contributed by atoms with Gasteiger partial charge in [0.15, 0.2) is 11.8 Å². The largest absolute Gasteiger partial charge is 0.467 e. The second-order valence-corrected chi connectivity index (χ2v) is 6.35. The molecular formula is C17H16BrN3O3. The van der Waals surface area contributed by atoms with Gasteiger partial charge in [-0.15, -0.1) is 0 Å². The van der Waals surface area contributed by atoms with E-state index in [-0.39, 0.29) is 0 Å². The molecule has 1 atom stereocenters. The van der Waals surface area contributed by atoms with E-state index in [4.69, 9.17) is 0 Å². The van der Waals surface area contributed by atoms with Crippen LogP contribution in [-0.4, -0.2) is 32.8 Å². The van der Waals surface area contributed by atoms with Crippen molar-refractivity contribution in [3.8, 4) is 11.3 Å². The van der Waals surface area contributed by atoms with Crippen molar-refractivity contribution in [2.75, 3.05) is 7.11 Å². The molecular weight excluding hydrogens is 374 g/mol. The minimum absolute atomic E-state index is 0.415. The molecule has 2 aromatic heterocycles. The van der Waals surface area contributed by atoms with Crippen LogP contribution < -0.4 is 0 Å². The van der Waals surface area contributed by atoms with Gasteiger partial charge in [0.05, 0.1) is 12.8 Å². The number of benzene rings is 1. The van der Waals surface area contributed by atoms with E-state index in [0.29, 0.717) is 22.6 Å². The molecule has 7 heteroatoms. The summed E-state index contributed by atoms with van der Waals surface area (Å²) in [4.78, 5) is 16.1. The van der Waals surface area contributed by atoms with E-state index in [9.17, 15) is 9.90 Å². The number of fused-ring (bicyclic) bond motifs is 1. The number of ether oxygens (including phenoxy) is 1. The Morgan fingerprint density at radius 3 is 2.75 bits per heavy atom. The molecule has 0 aliphatic rings. The minimum Gasteiger partial charge on any atom is -0.467 e. The molecule has 0 aliphatic carbocycles. The first-order chi connectivity index (χ1) is 11.4. The van der Waals surface area contributed by atoms with Gasteiger partial charge in [-0.05, 0) is 26.0 Å². The molecule has 0 spiro atoms. The SMILES string of the molecule is COC(=O)C(O)c1c(C)nc2cc(-c3cccc(Br)c3)nn2c1C. The zero-order valence-electron chi connectivity index (χ0n) is 13.4. The van der Waals surface area contributed by atoms with Crippen LogP contribution in [0.5, 0.6) is 0 Å². The molecule has 2 heterocycles. The van der Waals surface area contributed by atoms with Gasteiger partial charge in [-0.2, -0.15) is 5.10 Å². The molecule has 0 bridgehead atoms. The number of rotatable bonds is 3. The molecule has 3 rings (SSSR count). The van der Waals surface area contributed by atoms with Crippen LogP contribution in [0.4, 0.5) is 0 Å². The first kappa shape index (κ1) is 16.6. The van der Waals surface area contributed by atoms with E-state index in [1.54, 1.807) is 18.4 Å². The van der Waals surface area contributed by atoms with Gasteiger partial charge in [-0.1, -0.05) is 28.1 Å². The summed E-state index contributed by atoms with van der Waals surface area (Å²) in [5.74, 6) is -0.721. The topological polar surface area (TPSA) is 76.7 Å². The lowest BCUT2D eigenvalue weighted by Crippen LogP contribution is -2.18. The van der Waals surface area contributed by atoms with E-state index in [1.165, 1.54) is 7.11 Å². The van der Waals surface area contributed by atoms with Crippen molar-refractivity contribution < 1.29 is 14.6 Å². The van der Waals surface area contributed by atoms with Gasteiger partial charge < -0.3 is 9.84 Å². The molecule has 3 aromatic rings. The molecule has 0 saturated heterocycles. The fourth-order valence-electron chi connectivity index (χ4n) is 2.72. The van der Waals surface area contributed by atoms with Crippen LogP contribution in [0, 0.1) is 13.8 Å². The lowest BCUT2D eigenvalue weighted by molar-refractivity contribution is -0.150. The third-order valence-corrected chi connectivity index (χ3v) is 4.38. The number of aromatic nitrogens is 3. The Kier molecular flexibility index (Phi) is 4.38. The third kappa shape index (κ3) is 2.81. The van der Waals surface area contributed by atoms with Gasteiger partial charge in [0.25, 0.3) is 0 Å². The summed E-state index contributed by atoms with van der Waals surface area (Å²) < 4.78 is 7.21. The summed E-state index contributed by atoms with van der Waals surface area (Å²) in [5, 5.41) is 14.8. The van der Waals surface area contributed by atoms with E-state index < -0.39 is 12.1 Å². The summed E-state index contributed by atoms with van der Waals surface area (Å²) in [6, 6.07) is 9.67. The normalized spacial score (nSPS) is 12.4. The van der Waals surface area contributed by atoms with Crippen LogP contribution >= 0.6 is 15.9 Å². The van der Waals surface area contributed by atoms with Gasteiger partial charge >= 0.3 is 5.97 Å². The first-order valence-corrected chi connectivity index (χ1v) is 8.10. The highest BCUT2D eigenvalue weighted by Gasteiger charge is 2.25. The van der Waals surface area contributed by atoms with Crippen LogP contribution in [0.3, 0.4) is 0 Å². The van der Waals surface area contributed by atoms with Gasteiger partial charge in [0, 0.05) is 33.1 Å². The minimum atomic E-state index is -1.38. The van der Waals surface area contributed by atoms with E-state index in [2.05, 4.69) is 30.7 Å². The van der Waals surface area contributed by atoms with Crippen molar-refractivity contribution >= 4 is 27.5 Å². The number of aliphatic hydroxyl groups is 1. The van der Waals surface area contributed by atoms with Crippen LogP contribution in [0.15, 0.2) is 34.8 Å². The Morgan fingerprint density at radius 2 is 2.08 bits per heavy atom. The Morgan fingerprint density at radius 1 is 1.33 bits per heavy atom. The predicted molar refractivity (Wildman–Crippen MR) is 92.6 cm³/mol. The zero-order valence-corrected chi connectivity index (χ0v) is 15.0. The predicted octanol–water partition coefficient (Wildman–Crippen LogP) is 2.98. The summed E-state index contributed by atoms with van der Waals surface area (Å²) in [6.45, 7) is 3.54. The molecule has 0 amide bonds. The molecule has 1 unspecified atom stereocenters. The summed E-state index contributed by atoms with van der Waals surface area (Å²) in [7, 11) is 1.24. The molecule has 24 heavy (non-hydrogen) atoms. The average Bonchev–Trinajstić information content (AvgIpc) is 2.98. The highest BCUT2D eigenvalue weighted by atomic mass is 79.9. The maximum Gasteiger partial charge on any atom is 0.339 e. The molecule has 0 aliphatic heterocycles. The van der Waals surface area contributed by atoms with Gasteiger partial charge in [0.1, 0.15) is 0 Å².